The van der Waals surface area contributed by atoms with Gasteiger partial charge >= 0.3 is 5.97 Å². The maximum Gasteiger partial charge on any atom is 0.315 e. The fourth-order valence-corrected chi connectivity index (χ4v) is 2.46. The third-order valence-electron chi connectivity index (χ3n) is 3.40. The number of nitrogens with one attached hydrogen (secondary N) is 1. The van der Waals surface area contributed by atoms with Gasteiger partial charge in [-0.1, -0.05) is 30.3 Å². The highest BCUT2D eigenvalue weighted by atomic mass is 16.5. The van der Waals surface area contributed by atoms with Gasteiger partial charge in [0.25, 0.3) is 0 Å². The number of ether oxygens (including phenoxy) is 2. The lowest BCUT2D eigenvalue weighted by molar-refractivity contribution is -0.147. The first kappa shape index (κ1) is 15.5. The molecule has 1 atom stereocenters. The van der Waals surface area contributed by atoms with Crippen molar-refractivity contribution in [1.29, 1.82) is 5.41 Å². The first-order valence-corrected chi connectivity index (χ1v) is 7.33. The van der Waals surface area contributed by atoms with Crippen LogP contribution in [0.3, 0.4) is 0 Å². The van der Waals surface area contributed by atoms with Crippen molar-refractivity contribution in [3.8, 4) is 0 Å². The van der Waals surface area contributed by atoms with Gasteiger partial charge in [-0.25, -0.2) is 0 Å². The van der Waals surface area contributed by atoms with Crippen molar-refractivity contribution in [1.82, 2.24) is 4.90 Å². The van der Waals surface area contributed by atoms with Crippen LogP contribution in [0.5, 0.6) is 0 Å². The number of carbonyl (C=O) groups excluding carboxylic acids is 1. The van der Waals surface area contributed by atoms with Crippen molar-refractivity contribution in [2.45, 2.75) is 32.4 Å². The molecule has 1 saturated heterocycles. The highest BCUT2D eigenvalue weighted by molar-refractivity contribution is 5.92. The Morgan fingerprint density at radius 3 is 2.86 bits per heavy atom. The second-order valence-corrected chi connectivity index (χ2v) is 5.15. The molecule has 0 bridgehead atoms. The van der Waals surface area contributed by atoms with Gasteiger partial charge in [-0.3, -0.25) is 15.1 Å². The van der Waals surface area contributed by atoms with E-state index in [0.29, 0.717) is 6.61 Å². The molecule has 1 unspecified atom stereocenters. The van der Waals surface area contributed by atoms with Gasteiger partial charge in [0.2, 0.25) is 0 Å². The highest BCUT2D eigenvalue weighted by Crippen LogP contribution is 2.16. The summed E-state index contributed by atoms with van der Waals surface area (Å²) < 4.78 is 10.3. The number of benzene rings is 1. The van der Waals surface area contributed by atoms with E-state index in [4.69, 9.17) is 14.9 Å². The predicted molar refractivity (Wildman–Crippen MR) is 80.2 cm³/mol. The van der Waals surface area contributed by atoms with Crippen molar-refractivity contribution < 1.29 is 14.3 Å². The van der Waals surface area contributed by atoms with Crippen LogP contribution in [0.15, 0.2) is 30.3 Å². The smallest absolute Gasteiger partial charge is 0.315 e. The maximum absolute atomic E-state index is 11.7. The third-order valence-corrected chi connectivity index (χ3v) is 3.40. The second-order valence-electron chi connectivity index (χ2n) is 5.15. The molecule has 1 N–H and O–H groups in total. The van der Waals surface area contributed by atoms with Crippen molar-refractivity contribution in [3.05, 3.63) is 35.9 Å². The Morgan fingerprint density at radius 1 is 1.38 bits per heavy atom. The van der Waals surface area contributed by atoms with Crippen LogP contribution in [0, 0.1) is 5.41 Å². The van der Waals surface area contributed by atoms with Crippen molar-refractivity contribution >= 4 is 11.9 Å². The SMILES string of the molecule is CCOC(=N)CC(=O)OC1CCN(Cc2ccccc2)C1. The monoisotopic (exact) mass is 290 g/mol. The molecule has 1 aromatic rings. The lowest BCUT2D eigenvalue weighted by Crippen LogP contribution is -2.25. The van der Waals surface area contributed by atoms with E-state index in [0.717, 1.165) is 26.1 Å². The van der Waals surface area contributed by atoms with Crippen LogP contribution in [0.4, 0.5) is 0 Å². The molecule has 0 aliphatic carbocycles. The number of likely N-dealkylation sites (tertiary alicyclic amines) is 1. The van der Waals surface area contributed by atoms with E-state index < -0.39 is 0 Å². The van der Waals surface area contributed by atoms with Gasteiger partial charge in [-0.15, -0.1) is 0 Å². The Hall–Kier alpha value is -1.88. The van der Waals surface area contributed by atoms with E-state index in [1.807, 2.05) is 18.2 Å². The van der Waals surface area contributed by atoms with Crippen LogP contribution < -0.4 is 0 Å². The largest absolute Gasteiger partial charge is 0.481 e. The van der Waals surface area contributed by atoms with Crippen LogP contribution in [-0.2, 0) is 20.8 Å². The average molecular weight is 290 g/mol. The molecule has 0 amide bonds. The molecule has 21 heavy (non-hydrogen) atoms. The van der Waals surface area contributed by atoms with Crippen LogP contribution in [0.1, 0.15) is 25.3 Å². The summed E-state index contributed by atoms with van der Waals surface area (Å²) in [5.74, 6) is -0.401. The zero-order valence-electron chi connectivity index (χ0n) is 12.4. The molecule has 1 heterocycles. The fourth-order valence-electron chi connectivity index (χ4n) is 2.46. The molecule has 2 rings (SSSR count). The summed E-state index contributed by atoms with van der Waals surface area (Å²) >= 11 is 0. The third kappa shape index (κ3) is 5.19. The predicted octanol–water partition coefficient (Wildman–Crippen LogP) is 2.21. The van der Waals surface area contributed by atoms with Crippen LogP contribution in [0.2, 0.25) is 0 Å². The lowest BCUT2D eigenvalue weighted by Gasteiger charge is -2.16. The summed E-state index contributed by atoms with van der Waals surface area (Å²) in [5.41, 5.74) is 1.27. The number of carbonyl (C=O) groups is 1. The van der Waals surface area contributed by atoms with E-state index in [9.17, 15) is 4.79 Å². The quantitative estimate of drug-likeness (QED) is 0.495. The van der Waals surface area contributed by atoms with E-state index in [1.165, 1.54) is 5.56 Å². The first-order valence-electron chi connectivity index (χ1n) is 7.33. The minimum atomic E-state index is -0.375. The molecule has 0 saturated carbocycles. The van der Waals surface area contributed by atoms with Crippen molar-refractivity contribution in [2.75, 3.05) is 19.7 Å². The molecule has 0 radical (unpaired) electrons. The molecular formula is C16H22N2O3. The van der Waals surface area contributed by atoms with Gasteiger partial charge in [-0.05, 0) is 18.9 Å². The molecule has 0 aromatic heterocycles. The highest BCUT2D eigenvalue weighted by Gasteiger charge is 2.25. The maximum atomic E-state index is 11.7. The summed E-state index contributed by atoms with van der Waals surface area (Å²) in [4.78, 5) is 14.0. The Balaban J connectivity index is 1.72. The minimum absolute atomic E-state index is 0.0263. The zero-order valence-corrected chi connectivity index (χ0v) is 12.4. The normalized spacial score (nSPS) is 18.4. The summed E-state index contributed by atoms with van der Waals surface area (Å²) in [6.07, 6.45) is 0.694. The topological polar surface area (TPSA) is 62.6 Å². The molecule has 5 nitrogen and oxygen atoms in total. The Kier molecular flexibility index (Phi) is 5.75. The molecule has 1 aliphatic rings. The van der Waals surface area contributed by atoms with E-state index in [-0.39, 0.29) is 24.4 Å². The number of hydrogen-bond acceptors (Lipinski definition) is 5. The summed E-state index contributed by atoms with van der Waals surface area (Å²) in [7, 11) is 0. The Bertz CT molecular complexity index is 476. The van der Waals surface area contributed by atoms with Crippen LogP contribution in [-0.4, -0.2) is 42.6 Å². The molecule has 1 aliphatic heterocycles. The summed E-state index contributed by atoms with van der Waals surface area (Å²) in [6, 6.07) is 10.3. The zero-order chi connectivity index (χ0) is 15.1. The van der Waals surface area contributed by atoms with Gasteiger partial charge in [0.1, 0.15) is 12.5 Å². The minimum Gasteiger partial charge on any atom is -0.481 e. The van der Waals surface area contributed by atoms with Crippen molar-refractivity contribution in [2.24, 2.45) is 0 Å². The number of nitrogens with zero attached hydrogens (tertiary/aromatic N) is 1. The van der Waals surface area contributed by atoms with E-state index in [2.05, 4.69) is 17.0 Å². The van der Waals surface area contributed by atoms with E-state index >= 15 is 0 Å². The van der Waals surface area contributed by atoms with Gasteiger partial charge in [0, 0.05) is 19.6 Å². The molecule has 0 spiro atoms. The molecule has 1 fully saturated rings. The lowest BCUT2D eigenvalue weighted by atomic mass is 10.2. The standard InChI is InChI=1S/C16H22N2O3/c1-2-20-15(17)10-16(19)21-14-8-9-18(12-14)11-13-6-4-3-5-7-13/h3-7,14,17H,2,8-12H2,1H3. The summed E-state index contributed by atoms with van der Waals surface area (Å²) in [5, 5.41) is 7.45. The average Bonchev–Trinajstić information content (AvgIpc) is 2.87. The number of rotatable bonds is 6. The van der Waals surface area contributed by atoms with E-state index in [1.54, 1.807) is 6.92 Å². The summed E-state index contributed by atoms with van der Waals surface area (Å²) in [6.45, 7) is 4.75. The van der Waals surface area contributed by atoms with Crippen molar-refractivity contribution in [3.63, 3.8) is 0 Å². The molecule has 5 heteroatoms. The van der Waals surface area contributed by atoms with Gasteiger partial charge < -0.3 is 9.47 Å². The molecule has 1 aromatic carbocycles. The fraction of sp³-hybridized carbons (Fsp3) is 0.500. The van der Waals surface area contributed by atoms with Crippen LogP contribution >= 0.6 is 0 Å². The molecular weight excluding hydrogens is 268 g/mol. The van der Waals surface area contributed by atoms with Gasteiger partial charge in [0.15, 0.2) is 5.90 Å². The first-order chi connectivity index (χ1) is 10.2. The Labute approximate surface area is 125 Å². The van der Waals surface area contributed by atoms with Gasteiger partial charge in [0.05, 0.1) is 6.61 Å². The number of hydrogen-bond donors (Lipinski definition) is 1. The number of esters is 1. The Morgan fingerprint density at radius 2 is 2.14 bits per heavy atom. The van der Waals surface area contributed by atoms with Crippen LogP contribution in [0.25, 0.3) is 0 Å². The molecule has 114 valence electrons. The second kappa shape index (κ2) is 7.78. The van der Waals surface area contributed by atoms with Gasteiger partial charge in [-0.2, -0.15) is 0 Å².